The number of benzene rings is 2. The van der Waals surface area contributed by atoms with Crippen molar-refractivity contribution < 1.29 is 4.79 Å². The number of carbonyl (C=O) groups excluding carboxylic acids is 1. The Morgan fingerprint density at radius 2 is 1.73 bits per heavy atom. The Kier molecular flexibility index (Phi) is 6.41. The molecular formula is C24H21N3OS2. The number of nitrogens with zero attached hydrogens (tertiary/aromatic N) is 3. The number of rotatable bonds is 6. The van der Waals surface area contributed by atoms with E-state index in [-0.39, 0.29) is 11.7 Å². The summed E-state index contributed by atoms with van der Waals surface area (Å²) in [4.78, 5) is 21.9. The van der Waals surface area contributed by atoms with E-state index in [0.29, 0.717) is 10.6 Å². The van der Waals surface area contributed by atoms with Gasteiger partial charge in [-0.15, -0.1) is 0 Å². The molecule has 1 aromatic heterocycles. The highest BCUT2D eigenvalue weighted by molar-refractivity contribution is 8.00. The Bertz CT molecular complexity index is 1080. The predicted octanol–water partition coefficient (Wildman–Crippen LogP) is 6.22. The van der Waals surface area contributed by atoms with Gasteiger partial charge in [0.15, 0.2) is 0 Å². The van der Waals surface area contributed by atoms with Crippen LogP contribution in [0.25, 0.3) is 0 Å². The van der Waals surface area contributed by atoms with Crippen molar-refractivity contribution in [2.45, 2.75) is 41.0 Å². The molecule has 0 aliphatic carbocycles. The van der Waals surface area contributed by atoms with Gasteiger partial charge in [0.2, 0.25) is 5.91 Å². The van der Waals surface area contributed by atoms with Gasteiger partial charge in [0, 0.05) is 15.5 Å². The number of hydrogen-bond donors (Lipinski definition) is 0. The number of aromatic nitrogens is 1. The van der Waals surface area contributed by atoms with E-state index < -0.39 is 0 Å². The minimum absolute atomic E-state index is 0.0233. The highest BCUT2D eigenvalue weighted by atomic mass is 32.2. The number of aryl methyl sites for hydroxylation is 1. The fraction of sp³-hybridized carbons (Fsp3) is 0.208. The molecule has 2 heterocycles. The summed E-state index contributed by atoms with van der Waals surface area (Å²) in [5, 5.41) is 10.1. The van der Waals surface area contributed by atoms with Crippen LogP contribution < -0.4 is 4.90 Å². The molecule has 30 heavy (non-hydrogen) atoms. The van der Waals surface area contributed by atoms with E-state index in [4.69, 9.17) is 0 Å². The van der Waals surface area contributed by atoms with Gasteiger partial charge < -0.3 is 0 Å². The molecule has 0 saturated heterocycles. The molecule has 3 aromatic rings. The van der Waals surface area contributed by atoms with Gasteiger partial charge in [-0.2, -0.15) is 5.26 Å². The molecule has 150 valence electrons. The fourth-order valence-corrected chi connectivity index (χ4v) is 5.24. The molecule has 1 aliphatic rings. The van der Waals surface area contributed by atoms with Gasteiger partial charge >= 0.3 is 0 Å². The number of thioether (sulfide) groups is 1. The molecule has 0 N–H and O–H groups in total. The van der Waals surface area contributed by atoms with Gasteiger partial charge in [0.25, 0.3) is 0 Å². The maximum Gasteiger partial charge on any atom is 0.242 e. The highest BCUT2D eigenvalue weighted by Gasteiger charge is 2.28. The number of anilines is 2. The summed E-state index contributed by atoms with van der Waals surface area (Å²) in [6, 6.07) is 21.8. The molecule has 1 aliphatic heterocycles. The second-order valence-corrected chi connectivity index (χ2v) is 8.97. The molecule has 0 atom stereocenters. The minimum atomic E-state index is -0.0233. The maximum atomic E-state index is 13.3. The summed E-state index contributed by atoms with van der Waals surface area (Å²) in [6.07, 6.45) is 3.03. The van der Waals surface area contributed by atoms with Crippen molar-refractivity contribution >= 4 is 40.8 Å². The Morgan fingerprint density at radius 1 is 1.07 bits per heavy atom. The molecule has 0 bridgehead atoms. The molecule has 2 aromatic carbocycles. The highest BCUT2D eigenvalue weighted by Crippen LogP contribution is 2.48. The Balaban J connectivity index is 1.59. The predicted molar refractivity (Wildman–Crippen MR) is 122 cm³/mol. The van der Waals surface area contributed by atoms with E-state index in [1.807, 2.05) is 60.7 Å². The molecule has 0 radical (unpaired) electrons. The second kappa shape index (κ2) is 9.38. The van der Waals surface area contributed by atoms with E-state index in [1.165, 1.54) is 11.8 Å². The first-order valence-electron chi connectivity index (χ1n) is 9.93. The van der Waals surface area contributed by atoms with Crippen LogP contribution >= 0.6 is 23.5 Å². The quantitative estimate of drug-likeness (QED) is 0.434. The van der Waals surface area contributed by atoms with Crippen LogP contribution in [0.2, 0.25) is 0 Å². The van der Waals surface area contributed by atoms with Gasteiger partial charge in [-0.3, -0.25) is 9.69 Å². The van der Waals surface area contributed by atoms with Crippen LogP contribution in [0.3, 0.4) is 0 Å². The molecule has 0 spiro atoms. The number of unbranched alkanes of at least 4 members (excludes halogenated alkanes) is 1. The van der Waals surface area contributed by atoms with Gasteiger partial charge in [-0.1, -0.05) is 61.1 Å². The SMILES string of the molecule is CCCCc1ccc(C#N)c(SCC(=O)N2c3ccccc3Sc3ccccc32)n1. The van der Waals surface area contributed by atoms with E-state index in [2.05, 4.69) is 18.0 Å². The van der Waals surface area contributed by atoms with Crippen LogP contribution in [0.15, 0.2) is 75.5 Å². The van der Waals surface area contributed by atoms with Crippen molar-refractivity contribution in [2.75, 3.05) is 10.7 Å². The van der Waals surface area contributed by atoms with Crippen LogP contribution in [0.4, 0.5) is 11.4 Å². The van der Waals surface area contributed by atoms with Crippen LogP contribution in [-0.4, -0.2) is 16.6 Å². The lowest BCUT2D eigenvalue weighted by molar-refractivity contribution is -0.115. The van der Waals surface area contributed by atoms with Crippen molar-refractivity contribution in [1.29, 1.82) is 5.26 Å². The number of pyridine rings is 1. The monoisotopic (exact) mass is 431 g/mol. The molecule has 1 amide bonds. The Hall–Kier alpha value is -2.75. The average molecular weight is 432 g/mol. The zero-order valence-electron chi connectivity index (χ0n) is 16.7. The standard InChI is InChI=1S/C24H21N3OS2/c1-2-3-8-18-14-13-17(15-25)24(26-18)29-16-23(28)27-19-9-4-6-11-21(19)30-22-12-7-5-10-20(22)27/h4-7,9-14H,2-3,8,16H2,1H3. The molecule has 0 saturated carbocycles. The maximum absolute atomic E-state index is 13.3. The lowest BCUT2D eigenvalue weighted by Crippen LogP contribution is -2.30. The number of carbonyl (C=O) groups is 1. The van der Waals surface area contributed by atoms with Crippen molar-refractivity contribution in [3.63, 3.8) is 0 Å². The largest absolute Gasteiger partial charge is 0.278 e. The summed E-state index contributed by atoms with van der Waals surface area (Å²) < 4.78 is 0. The third-order valence-electron chi connectivity index (χ3n) is 4.84. The lowest BCUT2D eigenvalue weighted by Gasteiger charge is -2.31. The van der Waals surface area contributed by atoms with Crippen LogP contribution in [-0.2, 0) is 11.2 Å². The Morgan fingerprint density at radius 3 is 2.37 bits per heavy atom. The molecule has 4 rings (SSSR count). The van der Waals surface area contributed by atoms with Gasteiger partial charge in [0.1, 0.15) is 11.1 Å². The number of para-hydroxylation sites is 2. The summed E-state index contributed by atoms with van der Waals surface area (Å²) in [6.45, 7) is 2.14. The zero-order valence-corrected chi connectivity index (χ0v) is 18.3. The minimum Gasteiger partial charge on any atom is -0.278 e. The first-order valence-corrected chi connectivity index (χ1v) is 11.7. The van der Waals surface area contributed by atoms with Crippen LogP contribution in [0, 0.1) is 11.3 Å². The summed E-state index contributed by atoms with van der Waals surface area (Å²) in [7, 11) is 0. The van der Waals surface area contributed by atoms with Gasteiger partial charge in [0.05, 0.1) is 22.7 Å². The number of amides is 1. The summed E-state index contributed by atoms with van der Waals surface area (Å²) in [5.41, 5.74) is 3.29. The van der Waals surface area contributed by atoms with E-state index in [0.717, 1.165) is 46.1 Å². The van der Waals surface area contributed by atoms with Crippen LogP contribution in [0.1, 0.15) is 31.0 Å². The topological polar surface area (TPSA) is 57.0 Å². The van der Waals surface area contributed by atoms with Crippen molar-refractivity contribution in [3.05, 3.63) is 71.9 Å². The van der Waals surface area contributed by atoms with E-state index in [9.17, 15) is 10.1 Å². The molecule has 0 unspecified atom stereocenters. The number of nitriles is 1. The molecule has 6 heteroatoms. The van der Waals surface area contributed by atoms with Gasteiger partial charge in [-0.05, 0) is 49.2 Å². The third-order valence-corrected chi connectivity index (χ3v) is 6.95. The van der Waals surface area contributed by atoms with Crippen molar-refractivity contribution in [1.82, 2.24) is 4.98 Å². The first-order chi connectivity index (χ1) is 14.7. The summed E-state index contributed by atoms with van der Waals surface area (Å²) in [5.74, 6) is 0.191. The fourth-order valence-electron chi connectivity index (χ4n) is 3.34. The zero-order chi connectivity index (χ0) is 20.9. The normalized spacial score (nSPS) is 12.1. The first kappa shape index (κ1) is 20.5. The van der Waals surface area contributed by atoms with Crippen molar-refractivity contribution in [3.8, 4) is 6.07 Å². The Labute approximate surface area is 185 Å². The summed E-state index contributed by atoms with van der Waals surface area (Å²) >= 11 is 3.02. The number of hydrogen-bond acceptors (Lipinski definition) is 5. The smallest absolute Gasteiger partial charge is 0.242 e. The average Bonchev–Trinajstić information content (AvgIpc) is 2.79. The number of fused-ring (bicyclic) bond motifs is 2. The van der Waals surface area contributed by atoms with Gasteiger partial charge in [-0.25, -0.2) is 4.98 Å². The second-order valence-electron chi connectivity index (χ2n) is 6.93. The molecule has 4 nitrogen and oxygen atoms in total. The molecular weight excluding hydrogens is 410 g/mol. The van der Waals surface area contributed by atoms with E-state index >= 15 is 0 Å². The third kappa shape index (κ3) is 4.23. The van der Waals surface area contributed by atoms with Crippen molar-refractivity contribution in [2.24, 2.45) is 0 Å². The van der Waals surface area contributed by atoms with E-state index in [1.54, 1.807) is 16.7 Å². The molecule has 0 fully saturated rings. The van der Waals surface area contributed by atoms with Crippen LogP contribution in [0.5, 0.6) is 0 Å². The lowest BCUT2D eigenvalue weighted by atomic mass is 10.2.